The zero-order chi connectivity index (χ0) is 16.8. The van der Waals surface area contributed by atoms with E-state index in [1.165, 1.54) is 0 Å². The van der Waals surface area contributed by atoms with Crippen LogP contribution in [0.25, 0.3) is 0 Å². The Labute approximate surface area is 142 Å². The van der Waals surface area contributed by atoms with Crippen LogP contribution in [0, 0.1) is 0 Å². The third-order valence-corrected chi connectivity index (χ3v) is 4.32. The summed E-state index contributed by atoms with van der Waals surface area (Å²) < 4.78 is 0. The number of piperidine rings is 1. The van der Waals surface area contributed by atoms with Gasteiger partial charge in [0, 0.05) is 45.1 Å². The third kappa shape index (κ3) is 4.08. The van der Waals surface area contributed by atoms with Crippen LogP contribution < -0.4 is 10.6 Å². The second-order valence-corrected chi connectivity index (χ2v) is 5.99. The quantitative estimate of drug-likeness (QED) is 0.879. The molecule has 0 atom stereocenters. The van der Waals surface area contributed by atoms with E-state index in [1.807, 2.05) is 18.3 Å². The average Bonchev–Trinajstić information content (AvgIpc) is 2.64. The van der Waals surface area contributed by atoms with Gasteiger partial charge in [-0.05, 0) is 37.1 Å². The molecular weight excluding hydrogens is 302 g/mol. The van der Waals surface area contributed by atoms with E-state index in [1.54, 1.807) is 25.4 Å². The Balaban J connectivity index is 1.55. The average molecular weight is 325 g/mol. The van der Waals surface area contributed by atoms with Gasteiger partial charge in [0.2, 0.25) is 0 Å². The first-order valence-electron chi connectivity index (χ1n) is 8.32. The number of pyridine rings is 2. The highest BCUT2D eigenvalue weighted by atomic mass is 16.1. The van der Waals surface area contributed by atoms with E-state index in [4.69, 9.17) is 0 Å². The Kier molecular flexibility index (Phi) is 5.38. The second kappa shape index (κ2) is 7.88. The Bertz CT molecular complexity index is 668. The van der Waals surface area contributed by atoms with Crippen molar-refractivity contribution in [2.24, 2.45) is 0 Å². The van der Waals surface area contributed by atoms with Gasteiger partial charge in [-0.1, -0.05) is 6.07 Å². The lowest BCUT2D eigenvalue weighted by Crippen LogP contribution is -2.39. The van der Waals surface area contributed by atoms with Crippen LogP contribution in [0.15, 0.2) is 42.7 Å². The molecule has 1 fully saturated rings. The molecule has 1 amide bonds. The van der Waals surface area contributed by atoms with Crippen molar-refractivity contribution in [2.75, 3.05) is 25.5 Å². The van der Waals surface area contributed by atoms with Gasteiger partial charge in [-0.2, -0.15) is 0 Å². The van der Waals surface area contributed by atoms with Crippen LogP contribution in [-0.4, -0.2) is 47.0 Å². The molecule has 2 aromatic heterocycles. The molecule has 126 valence electrons. The van der Waals surface area contributed by atoms with Gasteiger partial charge in [0.1, 0.15) is 5.82 Å². The van der Waals surface area contributed by atoms with Crippen LogP contribution in [0.2, 0.25) is 0 Å². The van der Waals surface area contributed by atoms with Crippen LogP contribution >= 0.6 is 0 Å². The van der Waals surface area contributed by atoms with Gasteiger partial charge in [-0.15, -0.1) is 0 Å². The van der Waals surface area contributed by atoms with E-state index < -0.39 is 0 Å². The SMILES string of the molecule is CNC(=O)c1cccnc1NC1CCN(Cc2ccccn2)CC1. The fourth-order valence-electron chi connectivity index (χ4n) is 2.99. The van der Waals surface area contributed by atoms with Crippen molar-refractivity contribution in [3.05, 3.63) is 54.0 Å². The molecule has 6 heteroatoms. The zero-order valence-electron chi connectivity index (χ0n) is 13.9. The summed E-state index contributed by atoms with van der Waals surface area (Å²) in [6, 6.07) is 9.95. The number of nitrogens with one attached hydrogen (secondary N) is 2. The standard InChI is InChI=1S/C18H23N5O/c1-19-18(24)16-6-4-10-21-17(16)22-14-7-11-23(12-8-14)13-15-5-2-3-9-20-15/h2-6,9-10,14H,7-8,11-13H2,1H3,(H,19,24)(H,21,22). The minimum Gasteiger partial charge on any atom is -0.367 e. The van der Waals surface area contributed by atoms with Crippen molar-refractivity contribution >= 4 is 11.7 Å². The molecule has 1 aliphatic rings. The Morgan fingerprint density at radius 1 is 1.17 bits per heavy atom. The number of hydrogen-bond acceptors (Lipinski definition) is 5. The fraction of sp³-hybridized carbons (Fsp3) is 0.389. The fourth-order valence-corrected chi connectivity index (χ4v) is 2.99. The van der Waals surface area contributed by atoms with Gasteiger partial charge in [0.25, 0.3) is 5.91 Å². The summed E-state index contributed by atoms with van der Waals surface area (Å²) in [5.74, 6) is 0.554. The van der Waals surface area contributed by atoms with Crippen LogP contribution in [0.3, 0.4) is 0 Å². The number of hydrogen-bond donors (Lipinski definition) is 2. The van der Waals surface area contributed by atoms with Crippen LogP contribution in [-0.2, 0) is 6.54 Å². The van der Waals surface area contributed by atoms with Crippen molar-refractivity contribution < 1.29 is 4.79 Å². The van der Waals surface area contributed by atoms with E-state index in [-0.39, 0.29) is 5.91 Å². The maximum atomic E-state index is 11.9. The first kappa shape index (κ1) is 16.4. The number of carbonyl (C=O) groups is 1. The summed E-state index contributed by atoms with van der Waals surface area (Å²) in [4.78, 5) is 23.1. The largest absolute Gasteiger partial charge is 0.367 e. The highest BCUT2D eigenvalue weighted by molar-refractivity contribution is 5.98. The number of carbonyl (C=O) groups excluding carboxylic acids is 1. The second-order valence-electron chi connectivity index (χ2n) is 5.99. The first-order valence-corrected chi connectivity index (χ1v) is 8.32. The van der Waals surface area contributed by atoms with Gasteiger partial charge in [-0.25, -0.2) is 4.98 Å². The lowest BCUT2D eigenvalue weighted by molar-refractivity contribution is 0.0963. The Hall–Kier alpha value is -2.47. The van der Waals surface area contributed by atoms with Gasteiger partial charge in [0.15, 0.2) is 0 Å². The van der Waals surface area contributed by atoms with Gasteiger partial charge in [-0.3, -0.25) is 14.7 Å². The molecule has 2 aromatic rings. The lowest BCUT2D eigenvalue weighted by atomic mass is 10.0. The molecule has 0 saturated carbocycles. The van der Waals surface area contributed by atoms with Crippen molar-refractivity contribution in [2.45, 2.75) is 25.4 Å². The van der Waals surface area contributed by atoms with Crippen molar-refractivity contribution in [1.82, 2.24) is 20.2 Å². The molecule has 0 radical (unpaired) electrons. The number of likely N-dealkylation sites (tertiary alicyclic amines) is 1. The number of nitrogens with zero attached hydrogens (tertiary/aromatic N) is 3. The Morgan fingerprint density at radius 3 is 2.67 bits per heavy atom. The predicted octanol–water partition coefficient (Wildman–Crippen LogP) is 1.91. The van der Waals surface area contributed by atoms with Crippen LogP contribution in [0.1, 0.15) is 28.9 Å². The molecule has 1 aliphatic heterocycles. The summed E-state index contributed by atoms with van der Waals surface area (Å²) in [5, 5.41) is 6.09. The predicted molar refractivity (Wildman–Crippen MR) is 93.8 cm³/mol. The van der Waals surface area contributed by atoms with Crippen LogP contribution in [0.4, 0.5) is 5.82 Å². The topological polar surface area (TPSA) is 70.2 Å². The summed E-state index contributed by atoms with van der Waals surface area (Å²) in [6.45, 7) is 2.91. The highest BCUT2D eigenvalue weighted by Gasteiger charge is 2.21. The lowest BCUT2D eigenvalue weighted by Gasteiger charge is -2.32. The minimum absolute atomic E-state index is 0.113. The van der Waals surface area contributed by atoms with Crippen LogP contribution in [0.5, 0.6) is 0 Å². The van der Waals surface area contributed by atoms with E-state index in [9.17, 15) is 4.79 Å². The zero-order valence-corrected chi connectivity index (χ0v) is 13.9. The van der Waals surface area contributed by atoms with E-state index in [0.29, 0.717) is 17.4 Å². The molecule has 0 unspecified atom stereocenters. The number of anilines is 1. The van der Waals surface area contributed by atoms with Gasteiger partial charge >= 0.3 is 0 Å². The summed E-state index contributed by atoms with van der Waals surface area (Å²) in [7, 11) is 1.63. The highest BCUT2D eigenvalue weighted by Crippen LogP contribution is 2.19. The van der Waals surface area contributed by atoms with E-state index >= 15 is 0 Å². The van der Waals surface area contributed by atoms with E-state index in [0.717, 1.165) is 38.2 Å². The number of amides is 1. The summed E-state index contributed by atoms with van der Waals surface area (Å²) >= 11 is 0. The molecule has 6 nitrogen and oxygen atoms in total. The molecule has 0 aliphatic carbocycles. The van der Waals surface area contributed by atoms with Gasteiger partial charge in [0.05, 0.1) is 11.3 Å². The van der Waals surface area contributed by atoms with E-state index in [2.05, 4.69) is 31.6 Å². The third-order valence-electron chi connectivity index (χ3n) is 4.32. The maximum absolute atomic E-state index is 11.9. The smallest absolute Gasteiger partial charge is 0.254 e. The molecule has 1 saturated heterocycles. The van der Waals surface area contributed by atoms with Crippen molar-refractivity contribution in [1.29, 1.82) is 0 Å². The first-order chi connectivity index (χ1) is 11.8. The molecule has 0 spiro atoms. The summed E-state index contributed by atoms with van der Waals surface area (Å²) in [6.07, 6.45) is 5.60. The van der Waals surface area contributed by atoms with Gasteiger partial charge < -0.3 is 10.6 Å². The number of rotatable bonds is 5. The Morgan fingerprint density at radius 2 is 1.96 bits per heavy atom. The molecule has 3 heterocycles. The van der Waals surface area contributed by atoms with Crippen molar-refractivity contribution in [3.63, 3.8) is 0 Å². The molecule has 24 heavy (non-hydrogen) atoms. The van der Waals surface area contributed by atoms with Crippen molar-refractivity contribution in [3.8, 4) is 0 Å². The molecule has 2 N–H and O–H groups in total. The monoisotopic (exact) mass is 325 g/mol. The summed E-state index contributed by atoms with van der Waals surface area (Å²) in [5.41, 5.74) is 1.70. The minimum atomic E-state index is -0.113. The number of aromatic nitrogens is 2. The molecular formula is C18H23N5O. The molecule has 3 rings (SSSR count). The normalized spacial score (nSPS) is 15.9. The maximum Gasteiger partial charge on any atom is 0.254 e. The molecule has 0 aromatic carbocycles. The molecule has 0 bridgehead atoms.